The van der Waals surface area contributed by atoms with Crippen molar-refractivity contribution in [2.75, 3.05) is 11.0 Å². The summed E-state index contributed by atoms with van der Waals surface area (Å²) >= 11 is 12.8. The molecule has 30 heavy (non-hydrogen) atoms. The van der Waals surface area contributed by atoms with Crippen LogP contribution in [-0.2, 0) is 16.6 Å². The second kappa shape index (κ2) is 8.88. The number of nitrogens with zero attached hydrogens (tertiary/aromatic N) is 1. The minimum atomic E-state index is -3.47. The minimum absolute atomic E-state index is 0.0391. The van der Waals surface area contributed by atoms with Gasteiger partial charge in [0.2, 0.25) is 10.0 Å². The fraction of sp³-hybridized carbons (Fsp3) is 0.286. The van der Waals surface area contributed by atoms with Gasteiger partial charge < -0.3 is 9.26 Å². The van der Waals surface area contributed by atoms with E-state index in [9.17, 15) is 8.42 Å². The van der Waals surface area contributed by atoms with Crippen LogP contribution >= 0.6 is 23.2 Å². The number of hydrogen-bond donors (Lipinski definition) is 1. The van der Waals surface area contributed by atoms with Crippen molar-refractivity contribution in [2.24, 2.45) is 0 Å². The highest BCUT2D eigenvalue weighted by Crippen LogP contribution is 2.39. The third-order valence-corrected chi connectivity index (χ3v) is 5.64. The summed E-state index contributed by atoms with van der Waals surface area (Å²) in [6.07, 6.45) is 1.09. The molecule has 1 heterocycles. The SMILES string of the molecule is Cc1cccc(OCc2c(-c3c(Cl)cccc3Cl)noc2C(C)C)c1NS(C)(=O)=O. The molecule has 0 saturated heterocycles. The molecule has 0 aliphatic carbocycles. The van der Waals surface area contributed by atoms with Crippen LogP contribution in [-0.4, -0.2) is 19.8 Å². The first-order chi connectivity index (χ1) is 14.1. The summed E-state index contributed by atoms with van der Waals surface area (Å²) in [5.41, 5.74) is 2.89. The summed E-state index contributed by atoms with van der Waals surface area (Å²) in [4.78, 5) is 0. The van der Waals surface area contributed by atoms with Gasteiger partial charge in [-0.3, -0.25) is 4.72 Å². The zero-order valence-corrected chi connectivity index (χ0v) is 19.3. The highest BCUT2D eigenvalue weighted by molar-refractivity contribution is 7.92. The number of aromatic nitrogens is 1. The summed E-state index contributed by atoms with van der Waals surface area (Å²) < 4.78 is 37.7. The number of para-hydroxylation sites is 1. The monoisotopic (exact) mass is 468 g/mol. The van der Waals surface area contributed by atoms with Crippen molar-refractivity contribution in [3.8, 4) is 17.0 Å². The third-order valence-electron chi connectivity index (χ3n) is 4.44. The van der Waals surface area contributed by atoms with E-state index in [1.54, 1.807) is 43.3 Å². The topological polar surface area (TPSA) is 81.4 Å². The van der Waals surface area contributed by atoms with Crippen LogP contribution in [0.1, 0.15) is 36.7 Å². The normalized spacial score (nSPS) is 11.7. The Morgan fingerprint density at radius 1 is 1.13 bits per heavy atom. The number of ether oxygens (including phenoxy) is 1. The standard InChI is InChI=1S/C21H22Cl2N2O4S/c1-12(2)21-14(20(24-29-21)18-15(22)8-6-9-16(18)23)11-28-17-10-5-7-13(3)19(17)25-30(4,26)27/h5-10,12,25H,11H2,1-4H3. The highest BCUT2D eigenvalue weighted by Gasteiger charge is 2.24. The van der Waals surface area contributed by atoms with Gasteiger partial charge in [-0.1, -0.05) is 60.4 Å². The van der Waals surface area contributed by atoms with Crippen molar-refractivity contribution in [1.82, 2.24) is 5.16 Å². The second-order valence-electron chi connectivity index (χ2n) is 7.24. The lowest BCUT2D eigenvalue weighted by molar-refractivity contribution is 0.300. The lowest BCUT2D eigenvalue weighted by Gasteiger charge is -2.15. The number of hydrogen-bond acceptors (Lipinski definition) is 5. The molecule has 0 fully saturated rings. The van der Waals surface area contributed by atoms with E-state index in [2.05, 4.69) is 9.88 Å². The number of aryl methyl sites for hydroxylation is 1. The van der Waals surface area contributed by atoms with Crippen LogP contribution in [0.5, 0.6) is 5.75 Å². The first kappa shape index (κ1) is 22.5. The summed E-state index contributed by atoms with van der Waals surface area (Å²) in [5, 5.41) is 5.10. The van der Waals surface area contributed by atoms with Crippen molar-refractivity contribution in [2.45, 2.75) is 33.3 Å². The highest BCUT2D eigenvalue weighted by atomic mass is 35.5. The first-order valence-electron chi connectivity index (χ1n) is 9.21. The molecule has 9 heteroatoms. The number of benzene rings is 2. The van der Waals surface area contributed by atoms with Crippen molar-refractivity contribution in [3.63, 3.8) is 0 Å². The van der Waals surface area contributed by atoms with Crippen molar-refractivity contribution in [1.29, 1.82) is 0 Å². The Labute approximate surface area is 186 Å². The van der Waals surface area contributed by atoms with E-state index in [0.717, 1.165) is 11.8 Å². The molecule has 2 aromatic carbocycles. The molecule has 3 rings (SSSR count). The van der Waals surface area contributed by atoms with Gasteiger partial charge in [-0.25, -0.2) is 8.42 Å². The van der Waals surface area contributed by atoms with E-state index in [4.69, 9.17) is 32.5 Å². The molecule has 160 valence electrons. The van der Waals surface area contributed by atoms with Gasteiger partial charge in [0.05, 0.1) is 27.6 Å². The number of nitrogens with one attached hydrogen (secondary N) is 1. The van der Waals surface area contributed by atoms with Crippen LogP contribution < -0.4 is 9.46 Å². The molecule has 0 atom stereocenters. The maximum absolute atomic E-state index is 11.8. The van der Waals surface area contributed by atoms with Gasteiger partial charge in [-0.05, 0) is 30.7 Å². The molecule has 0 aliphatic heterocycles. The van der Waals surface area contributed by atoms with Crippen LogP contribution in [0.2, 0.25) is 10.0 Å². The van der Waals surface area contributed by atoms with Crippen LogP contribution in [0.25, 0.3) is 11.3 Å². The van der Waals surface area contributed by atoms with Gasteiger partial charge >= 0.3 is 0 Å². The average Bonchev–Trinajstić information content (AvgIpc) is 3.05. The lowest BCUT2D eigenvalue weighted by atomic mass is 10.0. The molecule has 1 N–H and O–H groups in total. The van der Waals surface area contributed by atoms with Gasteiger partial charge in [0, 0.05) is 11.5 Å². The van der Waals surface area contributed by atoms with Crippen molar-refractivity contribution < 1.29 is 17.7 Å². The zero-order chi connectivity index (χ0) is 22.1. The van der Waals surface area contributed by atoms with Crippen LogP contribution in [0.4, 0.5) is 5.69 Å². The van der Waals surface area contributed by atoms with Gasteiger partial charge in [-0.2, -0.15) is 0 Å². The van der Waals surface area contributed by atoms with Gasteiger partial charge in [-0.15, -0.1) is 0 Å². The quantitative estimate of drug-likeness (QED) is 0.457. The Hall–Kier alpha value is -2.22. The van der Waals surface area contributed by atoms with E-state index in [-0.39, 0.29) is 12.5 Å². The van der Waals surface area contributed by atoms with E-state index in [1.165, 1.54) is 0 Å². The van der Waals surface area contributed by atoms with E-state index in [0.29, 0.717) is 44.1 Å². The molecule has 6 nitrogen and oxygen atoms in total. The van der Waals surface area contributed by atoms with Gasteiger partial charge in [0.15, 0.2) is 0 Å². The van der Waals surface area contributed by atoms with Gasteiger partial charge in [0.1, 0.15) is 23.8 Å². The maximum Gasteiger partial charge on any atom is 0.229 e. The maximum atomic E-state index is 11.8. The fourth-order valence-corrected chi connectivity index (χ4v) is 4.27. The number of halogens is 2. The smallest absolute Gasteiger partial charge is 0.229 e. The second-order valence-corrected chi connectivity index (χ2v) is 9.80. The predicted octanol–water partition coefficient (Wildman–Crippen LogP) is 6.03. The molecule has 0 aliphatic rings. The number of sulfonamides is 1. The van der Waals surface area contributed by atoms with Crippen LogP contribution in [0.3, 0.4) is 0 Å². The van der Waals surface area contributed by atoms with Crippen molar-refractivity contribution in [3.05, 3.63) is 63.3 Å². The predicted molar refractivity (Wildman–Crippen MR) is 120 cm³/mol. The molecular formula is C21H22Cl2N2O4S. The largest absolute Gasteiger partial charge is 0.486 e. The molecule has 0 bridgehead atoms. The molecule has 1 aromatic heterocycles. The minimum Gasteiger partial charge on any atom is -0.486 e. The number of rotatable bonds is 7. The molecular weight excluding hydrogens is 447 g/mol. The average molecular weight is 469 g/mol. The summed E-state index contributed by atoms with van der Waals surface area (Å²) in [7, 11) is -3.47. The Balaban J connectivity index is 2.03. The third kappa shape index (κ3) is 4.91. The molecule has 0 saturated carbocycles. The van der Waals surface area contributed by atoms with E-state index < -0.39 is 10.0 Å². The lowest BCUT2D eigenvalue weighted by Crippen LogP contribution is -2.12. The Morgan fingerprint density at radius 3 is 2.37 bits per heavy atom. The number of anilines is 1. The van der Waals surface area contributed by atoms with Crippen molar-refractivity contribution >= 4 is 38.9 Å². The Bertz CT molecular complexity index is 1150. The van der Waals surface area contributed by atoms with Crippen LogP contribution in [0, 0.1) is 6.92 Å². The molecule has 0 unspecified atom stereocenters. The summed E-state index contributed by atoms with van der Waals surface area (Å²) in [6.45, 7) is 5.85. The van der Waals surface area contributed by atoms with E-state index >= 15 is 0 Å². The molecule has 0 radical (unpaired) electrons. The summed E-state index contributed by atoms with van der Waals surface area (Å²) in [6, 6.07) is 10.5. The van der Waals surface area contributed by atoms with Gasteiger partial charge in [0.25, 0.3) is 0 Å². The molecule has 3 aromatic rings. The fourth-order valence-electron chi connectivity index (χ4n) is 3.06. The first-order valence-corrected chi connectivity index (χ1v) is 11.9. The Morgan fingerprint density at radius 2 is 1.77 bits per heavy atom. The Kier molecular flexibility index (Phi) is 6.65. The summed E-state index contributed by atoms with van der Waals surface area (Å²) in [5.74, 6) is 1.08. The molecule has 0 spiro atoms. The van der Waals surface area contributed by atoms with Crippen LogP contribution in [0.15, 0.2) is 40.9 Å². The van der Waals surface area contributed by atoms with E-state index in [1.807, 2.05) is 13.8 Å². The zero-order valence-electron chi connectivity index (χ0n) is 17.0. The molecule has 0 amide bonds.